The zero-order chi connectivity index (χ0) is 14.7. The highest BCUT2D eigenvalue weighted by molar-refractivity contribution is 5.90. The Morgan fingerprint density at radius 2 is 1.52 bits per heavy atom. The van der Waals surface area contributed by atoms with Crippen LogP contribution in [-0.4, -0.2) is 16.1 Å². The average molecular weight is 275 g/mol. The molecular weight excluding hydrogens is 262 g/mol. The second-order valence-electron chi connectivity index (χ2n) is 4.65. The van der Waals surface area contributed by atoms with Crippen molar-refractivity contribution < 1.29 is 9.90 Å². The maximum atomic E-state index is 11.1. The van der Waals surface area contributed by atoms with Gasteiger partial charge >= 0.3 is 5.97 Å². The Morgan fingerprint density at radius 3 is 2.24 bits per heavy atom. The first-order chi connectivity index (χ1) is 10.3. The van der Waals surface area contributed by atoms with Crippen LogP contribution >= 0.6 is 0 Å². The van der Waals surface area contributed by atoms with E-state index < -0.39 is 5.97 Å². The maximum Gasteiger partial charge on any atom is 0.335 e. The summed E-state index contributed by atoms with van der Waals surface area (Å²) in [6.45, 7) is 0. The molecule has 3 nitrogen and oxygen atoms in total. The van der Waals surface area contributed by atoms with Crippen LogP contribution in [0.1, 0.15) is 10.4 Å². The van der Waals surface area contributed by atoms with Crippen LogP contribution in [-0.2, 0) is 0 Å². The van der Waals surface area contributed by atoms with Crippen LogP contribution in [0.4, 0.5) is 0 Å². The Labute approximate surface area is 122 Å². The Hall–Kier alpha value is -2.94. The lowest BCUT2D eigenvalue weighted by molar-refractivity contribution is 0.0697. The third kappa shape index (κ3) is 2.67. The number of pyridine rings is 1. The van der Waals surface area contributed by atoms with Crippen molar-refractivity contribution in [2.24, 2.45) is 0 Å². The average Bonchev–Trinajstić information content (AvgIpc) is 2.56. The van der Waals surface area contributed by atoms with E-state index in [-0.39, 0.29) is 5.56 Å². The zero-order valence-corrected chi connectivity index (χ0v) is 11.2. The zero-order valence-electron chi connectivity index (χ0n) is 11.2. The lowest BCUT2D eigenvalue weighted by Gasteiger charge is -2.09. The second kappa shape index (κ2) is 5.59. The van der Waals surface area contributed by atoms with Gasteiger partial charge in [0.2, 0.25) is 0 Å². The molecule has 3 aromatic rings. The minimum Gasteiger partial charge on any atom is -0.478 e. The van der Waals surface area contributed by atoms with Crippen LogP contribution in [0.15, 0.2) is 72.9 Å². The number of benzene rings is 2. The molecule has 0 aliphatic heterocycles. The first-order valence-electron chi connectivity index (χ1n) is 6.60. The minimum absolute atomic E-state index is 0.239. The van der Waals surface area contributed by atoms with Crippen LogP contribution in [0, 0.1) is 0 Å². The molecule has 102 valence electrons. The molecule has 0 aliphatic rings. The van der Waals surface area contributed by atoms with Gasteiger partial charge in [0, 0.05) is 11.8 Å². The van der Waals surface area contributed by atoms with Gasteiger partial charge in [0.25, 0.3) is 0 Å². The molecule has 1 N–H and O–H groups in total. The lowest BCUT2D eigenvalue weighted by atomic mass is 9.97. The summed E-state index contributed by atoms with van der Waals surface area (Å²) in [4.78, 5) is 15.4. The molecular formula is C18H13NO2. The quantitative estimate of drug-likeness (QED) is 0.782. The largest absolute Gasteiger partial charge is 0.478 e. The summed E-state index contributed by atoms with van der Waals surface area (Å²) in [5.41, 5.74) is 3.94. The Morgan fingerprint density at radius 1 is 0.857 bits per heavy atom. The molecule has 0 amide bonds. The molecule has 0 saturated carbocycles. The maximum absolute atomic E-state index is 11.1. The van der Waals surface area contributed by atoms with Crippen molar-refractivity contribution in [3.05, 3.63) is 78.5 Å². The summed E-state index contributed by atoms with van der Waals surface area (Å²) in [6, 6.07) is 20.9. The number of rotatable bonds is 3. The molecule has 0 unspecified atom stereocenters. The van der Waals surface area contributed by atoms with E-state index in [4.69, 9.17) is 5.11 Å². The molecule has 0 bridgehead atoms. The van der Waals surface area contributed by atoms with Gasteiger partial charge in [-0.05, 0) is 23.3 Å². The van der Waals surface area contributed by atoms with Gasteiger partial charge in [0.05, 0.1) is 11.3 Å². The van der Waals surface area contributed by atoms with Crippen LogP contribution < -0.4 is 0 Å². The van der Waals surface area contributed by atoms with Gasteiger partial charge < -0.3 is 5.11 Å². The third-order valence-corrected chi connectivity index (χ3v) is 3.29. The molecule has 21 heavy (non-hydrogen) atoms. The van der Waals surface area contributed by atoms with Gasteiger partial charge in [-0.15, -0.1) is 0 Å². The Bertz CT molecular complexity index is 782. The normalized spacial score (nSPS) is 10.3. The van der Waals surface area contributed by atoms with Crippen LogP contribution in [0.5, 0.6) is 0 Å². The van der Waals surface area contributed by atoms with Crippen LogP contribution in [0.2, 0.25) is 0 Å². The topological polar surface area (TPSA) is 50.2 Å². The SMILES string of the molecule is O=C(O)c1ccnc(-c2ccccc2-c2ccccc2)c1. The standard InChI is InChI=1S/C18H13NO2/c20-18(21)14-10-11-19-17(12-14)16-9-5-4-8-15(16)13-6-2-1-3-7-13/h1-12H,(H,20,21). The number of carboxylic acid groups (broad SMARTS) is 1. The summed E-state index contributed by atoms with van der Waals surface area (Å²) in [6.07, 6.45) is 1.53. The van der Waals surface area contributed by atoms with E-state index in [2.05, 4.69) is 4.98 Å². The number of carboxylic acids is 1. The van der Waals surface area contributed by atoms with Crippen molar-refractivity contribution in [3.8, 4) is 22.4 Å². The summed E-state index contributed by atoms with van der Waals surface area (Å²) in [7, 11) is 0. The van der Waals surface area contributed by atoms with Gasteiger partial charge in [-0.3, -0.25) is 4.98 Å². The van der Waals surface area contributed by atoms with Gasteiger partial charge in [0.1, 0.15) is 0 Å². The number of nitrogens with zero attached hydrogens (tertiary/aromatic N) is 1. The lowest BCUT2D eigenvalue weighted by Crippen LogP contribution is -1.97. The minimum atomic E-state index is -0.948. The first-order valence-corrected chi connectivity index (χ1v) is 6.60. The molecule has 0 fully saturated rings. The van der Waals surface area contributed by atoms with Crippen molar-refractivity contribution in [1.29, 1.82) is 0 Å². The van der Waals surface area contributed by atoms with E-state index in [1.807, 2.05) is 54.6 Å². The highest BCUT2D eigenvalue weighted by atomic mass is 16.4. The fourth-order valence-electron chi connectivity index (χ4n) is 2.29. The van der Waals surface area contributed by atoms with E-state index in [9.17, 15) is 4.79 Å². The van der Waals surface area contributed by atoms with E-state index in [1.54, 1.807) is 6.07 Å². The number of aromatic carboxylic acids is 1. The molecule has 1 heterocycles. The molecule has 0 spiro atoms. The highest BCUT2D eigenvalue weighted by Crippen LogP contribution is 2.30. The van der Waals surface area contributed by atoms with E-state index >= 15 is 0 Å². The predicted molar refractivity (Wildman–Crippen MR) is 82.1 cm³/mol. The van der Waals surface area contributed by atoms with Crippen molar-refractivity contribution in [2.45, 2.75) is 0 Å². The smallest absolute Gasteiger partial charge is 0.335 e. The van der Waals surface area contributed by atoms with Gasteiger partial charge in [-0.25, -0.2) is 4.79 Å². The highest BCUT2D eigenvalue weighted by Gasteiger charge is 2.10. The fraction of sp³-hybridized carbons (Fsp3) is 0. The van der Waals surface area contributed by atoms with E-state index in [0.717, 1.165) is 16.7 Å². The monoisotopic (exact) mass is 275 g/mol. The van der Waals surface area contributed by atoms with Crippen LogP contribution in [0.25, 0.3) is 22.4 Å². The molecule has 0 saturated heterocycles. The Balaban J connectivity index is 2.16. The summed E-state index contributed by atoms with van der Waals surface area (Å²) in [5, 5.41) is 9.11. The second-order valence-corrected chi connectivity index (χ2v) is 4.65. The summed E-state index contributed by atoms with van der Waals surface area (Å²) in [5.74, 6) is -0.948. The third-order valence-electron chi connectivity index (χ3n) is 3.29. The number of carbonyl (C=O) groups is 1. The first kappa shape index (κ1) is 13.1. The van der Waals surface area contributed by atoms with Gasteiger partial charge in [0.15, 0.2) is 0 Å². The molecule has 1 aromatic heterocycles. The number of hydrogen-bond acceptors (Lipinski definition) is 2. The van der Waals surface area contributed by atoms with Crippen molar-refractivity contribution in [2.75, 3.05) is 0 Å². The van der Waals surface area contributed by atoms with Crippen molar-refractivity contribution in [1.82, 2.24) is 4.98 Å². The molecule has 0 aliphatic carbocycles. The molecule has 0 radical (unpaired) electrons. The van der Waals surface area contributed by atoms with E-state index in [1.165, 1.54) is 12.3 Å². The van der Waals surface area contributed by atoms with E-state index in [0.29, 0.717) is 5.69 Å². The van der Waals surface area contributed by atoms with Crippen LogP contribution in [0.3, 0.4) is 0 Å². The summed E-state index contributed by atoms with van der Waals surface area (Å²) < 4.78 is 0. The van der Waals surface area contributed by atoms with Crippen molar-refractivity contribution >= 4 is 5.97 Å². The van der Waals surface area contributed by atoms with Gasteiger partial charge in [-0.1, -0.05) is 54.6 Å². The number of hydrogen-bond donors (Lipinski definition) is 1. The summed E-state index contributed by atoms with van der Waals surface area (Å²) >= 11 is 0. The molecule has 0 atom stereocenters. The van der Waals surface area contributed by atoms with Crippen molar-refractivity contribution in [3.63, 3.8) is 0 Å². The molecule has 3 rings (SSSR count). The van der Waals surface area contributed by atoms with Gasteiger partial charge in [-0.2, -0.15) is 0 Å². The molecule has 2 aromatic carbocycles. The fourth-order valence-corrected chi connectivity index (χ4v) is 2.29. The predicted octanol–water partition coefficient (Wildman–Crippen LogP) is 4.11. The number of aromatic nitrogens is 1. The molecule has 3 heteroatoms. The Kier molecular flexibility index (Phi) is 3.48.